The number of methoxy groups -OCH3 is 1. The SMILES string of the molecule is COCc1c(C(=O)OCc2nnc3n(C)c(=O)c4cc(C)ccc4n23)oc2ccccc12. The number of aromatic nitrogens is 4. The lowest BCUT2D eigenvalue weighted by Gasteiger charge is -2.09. The smallest absolute Gasteiger partial charge is 0.375 e. The topological polar surface area (TPSA) is 101 Å². The van der Waals surface area contributed by atoms with Crippen molar-refractivity contribution in [2.45, 2.75) is 20.1 Å². The Labute approximate surface area is 181 Å². The molecule has 0 saturated carbocycles. The van der Waals surface area contributed by atoms with Gasteiger partial charge < -0.3 is 13.9 Å². The Bertz CT molecular complexity index is 1560. The number of aryl methyl sites for hydroxylation is 2. The van der Waals surface area contributed by atoms with Crippen molar-refractivity contribution in [3.63, 3.8) is 0 Å². The Kier molecular flexibility index (Phi) is 4.75. The summed E-state index contributed by atoms with van der Waals surface area (Å²) >= 11 is 0. The Morgan fingerprint density at radius 2 is 1.91 bits per heavy atom. The number of benzene rings is 2. The average Bonchev–Trinajstić information content (AvgIpc) is 3.38. The number of nitrogens with zero attached hydrogens (tertiary/aromatic N) is 4. The molecule has 0 aliphatic heterocycles. The third-order valence-electron chi connectivity index (χ3n) is 5.45. The van der Waals surface area contributed by atoms with Crippen molar-refractivity contribution in [2.24, 2.45) is 7.05 Å². The number of furan rings is 1. The molecule has 0 fully saturated rings. The van der Waals surface area contributed by atoms with Gasteiger partial charge in [-0.3, -0.25) is 13.8 Å². The van der Waals surface area contributed by atoms with Crippen LogP contribution in [0.2, 0.25) is 0 Å². The van der Waals surface area contributed by atoms with Gasteiger partial charge in [0, 0.05) is 25.1 Å². The standard InChI is InChI=1S/C23H20N4O5/c1-13-8-9-17-15(10-13)21(28)26(2)23-25-24-19(27(17)23)12-31-22(29)20-16(11-30-3)14-6-4-5-7-18(14)32-20/h4-10H,11-12H2,1-3H3. The molecule has 0 aliphatic rings. The van der Waals surface area contributed by atoms with Crippen LogP contribution in [0.3, 0.4) is 0 Å². The molecule has 3 aromatic heterocycles. The summed E-state index contributed by atoms with van der Waals surface area (Å²) in [5.74, 6) is 0.216. The fourth-order valence-electron chi connectivity index (χ4n) is 3.90. The first-order valence-electron chi connectivity index (χ1n) is 9.99. The molecule has 0 unspecified atom stereocenters. The summed E-state index contributed by atoms with van der Waals surface area (Å²) in [6.45, 7) is 1.98. The van der Waals surface area contributed by atoms with Crippen LogP contribution in [0.1, 0.15) is 27.5 Å². The van der Waals surface area contributed by atoms with E-state index >= 15 is 0 Å². The van der Waals surface area contributed by atoms with Crippen LogP contribution in [0.25, 0.3) is 27.6 Å². The van der Waals surface area contributed by atoms with Crippen molar-refractivity contribution in [3.05, 3.63) is 75.5 Å². The molecule has 3 heterocycles. The van der Waals surface area contributed by atoms with E-state index in [9.17, 15) is 9.59 Å². The molecule has 0 radical (unpaired) electrons. The Morgan fingerprint density at radius 1 is 1.09 bits per heavy atom. The van der Waals surface area contributed by atoms with Crippen molar-refractivity contribution in [1.29, 1.82) is 0 Å². The summed E-state index contributed by atoms with van der Waals surface area (Å²) in [4.78, 5) is 25.6. The van der Waals surface area contributed by atoms with E-state index < -0.39 is 5.97 Å². The maximum Gasteiger partial charge on any atom is 0.375 e. The predicted molar refractivity (Wildman–Crippen MR) is 117 cm³/mol. The molecule has 2 aromatic carbocycles. The zero-order valence-electron chi connectivity index (χ0n) is 17.8. The zero-order chi connectivity index (χ0) is 22.4. The highest BCUT2D eigenvalue weighted by molar-refractivity contribution is 5.96. The fraction of sp³-hybridized carbons (Fsp3) is 0.217. The number of carbonyl (C=O) groups excluding carboxylic acids is 1. The van der Waals surface area contributed by atoms with Crippen LogP contribution in [-0.4, -0.2) is 32.2 Å². The van der Waals surface area contributed by atoms with Crippen molar-refractivity contribution >= 4 is 33.6 Å². The van der Waals surface area contributed by atoms with Crippen LogP contribution in [-0.2, 0) is 29.7 Å². The Balaban J connectivity index is 1.53. The van der Waals surface area contributed by atoms with Crippen LogP contribution >= 0.6 is 0 Å². The first-order valence-corrected chi connectivity index (χ1v) is 9.99. The number of hydrogen-bond donors (Lipinski definition) is 0. The summed E-state index contributed by atoms with van der Waals surface area (Å²) in [7, 11) is 3.19. The molecule has 0 spiro atoms. The lowest BCUT2D eigenvalue weighted by atomic mass is 10.1. The fourth-order valence-corrected chi connectivity index (χ4v) is 3.90. The van der Waals surface area contributed by atoms with Gasteiger partial charge in [0.05, 0.1) is 17.5 Å². The van der Waals surface area contributed by atoms with Gasteiger partial charge in [-0.1, -0.05) is 29.8 Å². The predicted octanol–water partition coefficient (Wildman–Crippen LogP) is 3.14. The van der Waals surface area contributed by atoms with Gasteiger partial charge in [-0.05, 0) is 25.1 Å². The number of esters is 1. The first kappa shape index (κ1) is 20.0. The Hall–Kier alpha value is -3.98. The minimum atomic E-state index is -0.630. The van der Waals surface area contributed by atoms with Crippen molar-refractivity contribution in [1.82, 2.24) is 19.2 Å². The molecule has 32 heavy (non-hydrogen) atoms. The lowest BCUT2D eigenvalue weighted by Crippen LogP contribution is -2.20. The number of ether oxygens (including phenoxy) is 2. The minimum Gasteiger partial charge on any atom is -0.452 e. The third-order valence-corrected chi connectivity index (χ3v) is 5.45. The maximum atomic E-state index is 12.9. The molecular formula is C23H20N4O5. The monoisotopic (exact) mass is 432 g/mol. The second-order valence-electron chi connectivity index (χ2n) is 7.55. The molecule has 0 N–H and O–H groups in total. The van der Waals surface area contributed by atoms with E-state index in [2.05, 4.69) is 10.2 Å². The maximum absolute atomic E-state index is 12.9. The number of hydrogen-bond acceptors (Lipinski definition) is 7. The highest BCUT2D eigenvalue weighted by Crippen LogP contribution is 2.27. The van der Waals surface area contributed by atoms with Gasteiger partial charge in [-0.2, -0.15) is 0 Å². The van der Waals surface area contributed by atoms with Crippen molar-refractivity contribution in [3.8, 4) is 0 Å². The highest BCUT2D eigenvalue weighted by Gasteiger charge is 2.23. The van der Waals surface area contributed by atoms with E-state index in [1.54, 1.807) is 24.6 Å². The van der Waals surface area contributed by atoms with Gasteiger partial charge in [0.15, 0.2) is 12.4 Å². The molecule has 0 amide bonds. The van der Waals surface area contributed by atoms with Crippen LogP contribution in [0, 0.1) is 6.92 Å². The van der Waals surface area contributed by atoms with Gasteiger partial charge >= 0.3 is 5.97 Å². The first-order chi connectivity index (χ1) is 15.5. The van der Waals surface area contributed by atoms with Crippen LogP contribution < -0.4 is 5.56 Å². The molecule has 9 nitrogen and oxygen atoms in total. The van der Waals surface area contributed by atoms with E-state index in [1.807, 2.05) is 43.3 Å². The molecule has 0 saturated heterocycles. The largest absolute Gasteiger partial charge is 0.452 e. The third kappa shape index (κ3) is 3.05. The average molecular weight is 432 g/mol. The number of rotatable bonds is 5. The van der Waals surface area contributed by atoms with E-state index in [0.717, 1.165) is 10.9 Å². The van der Waals surface area contributed by atoms with Gasteiger partial charge in [-0.15, -0.1) is 10.2 Å². The van der Waals surface area contributed by atoms with Gasteiger partial charge in [0.25, 0.3) is 5.56 Å². The number of para-hydroxylation sites is 1. The molecule has 0 aliphatic carbocycles. The molecule has 5 aromatic rings. The van der Waals surface area contributed by atoms with E-state index in [-0.39, 0.29) is 24.5 Å². The summed E-state index contributed by atoms with van der Waals surface area (Å²) in [6.07, 6.45) is 0. The van der Waals surface area contributed by atoms with E-state index in [0.29, 0.717) is 33.7 Å². The van der Waals surface area contributed by atoms with Crippen molar-refractivity contribution in [2.75, 3.05) is 7.11 Å². The van der Waals surface area contributed by atoms with Crippen LogP contribution in [0.5, 0.6) is 0 Å². The second kappa shape index (κ2) is 7.61. The number of fused-ring (bicyclic) bond motifs is 4. The Morgan fingerprint density at radius 3 is 2.72 bits per heavy atom. The quantitative estimate of drug-likeness (QED) is 0.393. The molecule has 9 heteroatoms. The van der Waals surface area contributed by atoms with Gasteiger partial charge in [0.1, 0.15) is 5.58 Å². The summed E-state index contributed by atoms with van der Waals surface area (Å²) in [5.41, 5.74) is 2.65. The molecule has 0 bridgehead atoms. The van der Waals surface area contributed by atoms with Crippen molar-refractivity contribution < 1.29 is 18.7 Å². The molecule has 0 atom stereocenters. The normalized spacial score (nSPS) is 11.6. The second-order valence-corrected chi connectivity index (χ2v) is 7.55. The van der Waals surface area contributed by atoms with Gasteiger partial charge in [0.2, 0.25) is 11.5 Å². The summed E-state index contributed by atoms with van der Waals surface area (Å²) in [6, 6.07) is 12.9. The van der Waals surface area contributed by atoms with Gasteiger partial charge in [-0.25, -0.2) is 4.79 Å². The highest BCUT2D eigenvalue weighted by atomic mass is 16.5. The summed E-state index contributed by atoms with van der Waals surface area (Å²) in [5, 5.41) is 9.61. The number of carbonyl (C=O) groups is 1. The van der Waals surface area contributed by atoms with E-state index in [1.165, 1.54) is 4.57 Å². The van der Waals surface area contributed by atoms with E-state index in [4.69, 9.17) is 13.9 Å². The molecule has 162 valence electrons. The molecule has 5 rings (SSSR count). The molecular weight excluding hydrogens is 412 g/mol. The van der Waals surface area contributed by atoms with Crippen LogP contribution in [0.15, 0.2) is 51.7 Å². The van der Waals surface area contributed by atoms with Crippen LogP contribution in [0.4, 0.5) is 0 Å². The minimum absolute atomic E-state index is 0.0924. The lowest BCUT2D eigenvalue weighted by molar-refractivity contribution is 0.0421. The summed E-state index contributed by atoms with van der Waals surface area (Å²) < 4.78 is 19.7. The zero-order valence-corrected chi connectivity index (χ0v) is 17.8.